The van der Waals surface area contributed by atoms with Gasteiger partial charge in [0, 0.05) is 0 Å². The first-order chi connectivity index (χ1) is 5.90. The maximum absolute atomic E-state index is 8.25. The lowest BCUT2D eigenvalue weighted by Crippen LogP contribution is -1.81. The maximum Gasteiger partial charge on any atom is 0.153 e. The van der Waals surface area contributed by atoms with Crippen LogP contribution in [0.1, 0.15) is 5.82 Å². The summed E-state index contributed by atoms with van der Waals surface area (Å²) in [5.41, 5.74) is 1.81. The van der Waals surface area contributed by atoms with Crippen molar-refractivity contribution in [3.05, 3.63) is 30.1 Å². The lowest BCUT2D eigenvalue weighted by Gasteiger charge is -1.81. The number of hydrogen-bond donors (Lipinski definition) is 2. The summed E-state index contributed by atoms with van der Waals surface area (Å²) in [6, 6.07) is 7.63. The third-order valence-corrected chi connectivity index (χ3v) is 1.59. The Balaban J connectivity index is 2.62. The molecular weight excluding hydrogens is 154 g/mol. The van der Waals surface area contributed by atoms with Crippen LogP contribution in [0.2, 0.25) is 0 Å². The number of para-hydroxylation sites is 2. The highest BCUT2D eigenvalue weighted by molar-refractivity contribution is 5.83. The first kappa shape index (κ1) is 6.84. The Hall–Kier alpha value is -1.84. The molecule has 1 heterocycles. The molecule has 60 valence electrons. The molecule has 2 rings (SSSR count). The zero-order valence-corrected chi connectivity index (χ0v) is 6.23. The van der Waals surface area contributed by atoms with Gasteiger partial charge < -0.3 is 10.2 Å². The van der Waals surface area contributed by atoms with Gasteiger partial charge in [-0.3, -0.25) is 0 Å². The van der Waals surface area contributed by atoms with Gasteiger partial charge in [-0.2, -0.15) is 0 Å². The second kappa shape index (κ2) is 2.65. The predicted molar refractivity (Wildman–Crippen MR) is 45.5 cm³/mol. The third kappa shape index (κ3) is 1.03. The Bertz CT molecular complexity index is 386. The molecule has 0 saturated carbocycles. The minimum Gasteiger partial charge on any atom is -0.411 e. The fourth-order valence-electron chi connectivity index (χ4n) is 1.09. The maximum atomic E-state index is 8.25. The summed E-state index contributed by atoms with van der Waals surface area (Å²) in [4.78, 5) is 7.11. The van der Waals surface area contributed by atoms with Crippen LogP contribution in [0.5, 0.6) is 0 Å². The molecule has 0 aliphatic rings. The topological polar surface area (TPSA) is 61.3 Å². The molecule has 0 bridgehead atoms. The van der Waals surface area contributed by atoms with Crippen LogP contribution in [-0.2, 0) is 0 Å². The van der Waals surface area contributed by atoms with Gasteiger partial charge in [0.1, 0.15) is 6.21 Å². The van der Waals surface area contributed by atoms with Crippen LogP contribution in [0.25, 0.3) is 11.0 Å². The number of aromatic nitrogens is 2. The minimum absolute atomic E-state index is 0.554. The highest BCUT2D eigenvalue weighted by Gasteiger charge is 1.97. The van der Waals surface area contributed by atoms with Gasteiger partial charge in [0.15, 0.2) is 5.82 Å². The molecule has 2 aromatic rings. The van der Waals surface area contributed by atoms with Gasteiger partial charge in [-0.1, -0.05) is 17.3 Å². The zero-order valence-electron chi connectivity index (χ0n) is 6.23. The van der Waals surface area contributed by atoms with Gasteiger partial charge in [0.05, 0.1) is 11.0 Å². The standard InChI is InChI=1S/C8H7N3O/c12-9-5-8-10-6-3-1-2-4-7(6)11-8/h1-5,12H,(H,10,11). The number of H-pyrrole nitrogens is 1. The van der Waals surface area contributed by atoms with E-state index in [2.05, 4.69) is 15.1 Å². The highest BCUT2D eigenvalue weighted by Crippen LogP contribution is 2.08. The fourth-order valence-corrected chi connectivity index (χ4v) is 1.09. The summed E-state index contributed by atoms with van der Waals surface area (Å²) in [7, 11) is 0. The van der Waals surface area contributed by atoms with E-state index in [1.54, 1.807) is 0 Å². The van der Waals surface area contributed by atoms with Crippen LogP contribution in [0.4, 0.5) is 0 Å². The van der Waals surface area contributed by atoms with Crippen molar-refractivity contribution >= 4 is 17.2 Å². The number of fused-ring (bicyclic) bond motifs is 1. The molecule has 0 aliphatic carbocycles. The Morgan fingerprint density at radius 2 is 2.25 bits per heavy atom. The first-order valence-corrected chi connectivity index (χ1v) is 3.52. The fraction of sp³-hybridized carbons (Fsp3) is 0. The summed E-state index contributed by atoms with van der Waals surface area (Å²) < 4.78 is 0. The number of benzene rings is 1. The average molecular weight is 161 g/mol. The second-order valence-corrected chi connectivity index (χ2v) is 2.38. The highest BCUT2D eigenvalue weighted by atomic mass is 16.4. The van der Waals surface area contributed by atoms with Crippen molar-refractivity contribution in [3.8, 4) is 0 Å². The van der Waals surface area contributed by atoms with E-state index in [9.17, 15) is 0 Å². The van der Waals surface area contributed by atoms with Crippen LogP contribution in [0, 0.1) is 0 Å². The van der Waals surface area contributed by atoms with E-state index in [0.29, 0.717) is 5.82 Å². The van der Waals surface area contributed by atoms with E-state index in [0.717, 1.165) is 11.0 Å². The summed E-state index contributed by atoms with van der Waals surface area (Å²) in [6.45, 7) is 0. The molecule has 0 spiro atoms. The van der Waals surface area contributed by atoms with Gasteiger partial charge in [-0.25, -0.2) is 4.98 Å². The Morgan fingerprint density at radius 3 is 3.00 bits per heavy atom. The van der Waals surface area contributed by atoms with E-state index in [1.807, 2.05) is 24.3 Å². The van der Waals surface area contributed by atoms with E-state index in [1.165, 1.54) is 6.21 Å². The van der Waals surface area contributed by atoms with Crippen molar-refractivity contribution in [1.82, 2.24) is 9.97 Å². The normalized spacial score (nSPS) is 11.3. The van der Waals surface area contributed by atoms with E-state index >= 15 is 0 Å². The van der Waals surface area contributed by atoms with Crippen LogP contribution >= 0.6 is 0 Å². The summed E-state index contributed by atoms with van der Waals surface area (Å²) in [5, 5.41) is 11.1. The zero-order chi connectivity index (χ0) is 8.39. The Kier molecular flexibility index (Phi) is 1.51. The number of oxime groups is 1. The molecule has 0 atom stereocenters. The molecule has 0 saturated heterocycles. The predicted octanol–water partition coefficient (Wildman–Crippen LogP) is 1.37. The number of nitrogens with zero attached hydrogens (tertiary/aromatic N) is 2. The van der Waals surface area contributed by atoms with Gasteiger partial charge in [0.2, 0.25) is 0 Å². The average Bonchev–Trinajstić information content (AvgIpc) is 2.47. The van der Waals surface area contributed by atoms with Crippen molar-refractivity contribution in [2.24, 2.45) is 5.16 Å². The monoisotopic (exact) mass is 161 g/mol. The molecule has 1 aromatic heterocycles. The molecule has 0 unspecified atom stereocenters. The third-order valence-electron chi connectivity index (χ3n) is 1.59. The molecule has 1 aromatic carbocycles. The largest absolute Gasteiger partial charge is 0.411 e. The van der Waals surface area contributed by atoms with Crippen molar-refractivity contribution in [2.45, 2.75) is 0 Å². The molecule has 12 heavy (non-hydrogen) atoms. The molecule has 4 heteroatoms. The molecule has 0 fully saturated rings. The lowest BCUT2D eigenvalue weighted by molar-refractivity contribution is 0.321. The van der Waals surface area contributed by atoms with E-state index < -0.39 is 0 Å². The SMILES string of the molecule is ON=Cc1nc2ccccc2[nH]1. The van der Waals surface area contributed by atoms with Crippen LogP contribution in [0.15, 0.2) is 29.4 Å². The van der Waals surface area contributed by atoms with Gasteiger partial charge >= 0.3 is 0 Å². The summed E-state index contributed by atoms with van der Waals surface area (Å²) in [5.74, 6) is 0.554. The Labute approximate surface area is 68.6 Å². The first-order valence-electron chi connectivity index (χ1n) is 3.52. The van der Waals surface area contributed by atoms with Crippen LogP contribution in [-0.4, -0.2) is 21.4 Å². The molecular formula is C8H7N3O. The number of rotatable bonds is 1. The quantitative estimate of drug-likeness (QED) is 0.377. The molecule has 2 N–H and O–H groups in total. The van der Waals surface area contributed by atoms with Gasteiger partial charge in [-0.15, -0.1) is 0 Å². The number of aromatic amines is 1. The Morgan fingerprint density at radius 1 is 1.42 bits per heavy atom. The molecule has 4 nitrogen and oxygen atoms in total. The van der Waals surface area contributed by atoms with Crippen molar-refractivity contribution in [1.29, 1.82) is 0 Å². The summed E-state index contributed by atoms with van der Waals surface area (Å²) in [6.07, 6.45) is 1.26. The molecule has 0 aliphatic heterocycles. The van der Waals surface area contributed by atoms with Crippen molar-refractivity contribution in [2.75, 3.05) is 0 Å². The number of nitrogens with one attached hydrogen (secondary N) is 1. The van der Waals surface area contributed by atoms with Crippen molar-refractivity contribution in [3.63, 3.8) is 0 Å². The molecule has 0 amide bonds. The van der Waals surface area contributed by atoms with Crippen LogP contribution in [0.3, 0.4) is 0 Å². The smallest absolute Gasteiger partial charge is 0.153 e. The number of hydrogen-bond acceptors (Lipinski definition) is 3. The van der Waals surface area contributed by atoms with Gasteiger partial charge in [-0.05, 0) is 12.1 Å². The van der Waals surface area contributed by atoms with Crippen LogP contribution < -0.4 is 0 Å². The van der Waals surface area contributed by atoms with Gasteiger partial charge in [0.25, 0.3) is 0 Å². The number of imidazole rings is 1. The minimum atomic E-state index is 0.554. The second-order valence-electron chi connectivity index (χ2n) is 2.38. The van der Waals surface area contributed by atoms with E-state index in [4.69, 9.17) is 5.21 Å². The van der Waals surface area contributed by atoms with Crippen molar-refractivity contribution < 1.29 is 5.21 Å². The summed E-state index contributed by atoms with van der Waals surface area (Å²) >= 11 is 0. The van der Waals surface area contributed by atoms with E-state index in [-0.39, 0.29) is 0 Å². The molecule has 0 radical (unpaired) electrons. The lowest BCUT2D eigenvalue weighted by atomic mass is 10.3.